The monoisotopic (exact) mass is 282 g/mol. The number of fused-ring (bicyclic) bond motifs is 1. The Bertz CT molecular complexity index is 662. The average molecular weight is 282 g/mol. The molecule has 0 N–H and O–H groups in total. The van der Waals surface area contributed by atoms with Crippen molar-refractivity contribution in [3.8, 4) is 11.5 Å². The van der Waals surface area contributed by atoms with Crippen molar-refractivity contribution >= 4 is 5.78 Å². The van der Waals surface area contributed by atoms with Crippen LogP contribution in [0.1, 0.15) is 29.0 Å². The molecule has 3 heteroatoms. The minimum Gasteiger partial charge on any atom is -0.493 e. The van der Waals surface area contributed by atoms with E-state index < -0.39 is 0 Å². The summed E-state index contributed by atoms with van der Waals surface area (Å²) in [6.45, 7) is 0. The summed E-state index contributed by atoms with van der Waals surface area (Å²) in [6, 6.07) is 14.1. The second-order valence-corrected chi connectivity index (χ2v) is 5.29. The predicted octanol–water partition coefficient (Wildman–Crippen LogP) is 3.35. The van der Waals surface area contributed by atoms with Crippen LogP contribution in [0.4, 0.5) is 0 Å². The van der Waals surface area contributed by atoms with Gasteiger partial charge < -0.3 is 9.47 Å². The third-order valence-corrected chi connectivity index (χ3v) is 4.04. The lowest BCUT2D eigenvalue weighted by Gasteiger charge is -2.26. The SMILES string of the molecule is COc1cc2c(cc1OC)[C@H](c1ccccc1)CC(=O)C2. The van der Waals surface area contributed by atoms with E-state index in [1.807, 2.05) is 30.3 Å². The second-order valence-electron chi connectivity index (χ2n) is 5.29. The van der Waals surface area contributed by atoms with Crippen LogP contribution in [0.2, 0.25) is 0 Å². The maximum absolute atomic E-state index is 12.1. The summed E-state index contributed by atoms with van der Waals surface area (Å²) >= 11 is 0. The smallest absolute Gasteiger partial charge is 0.161 e. The van der Waals surface area contributed by atoms with Gasteiger partial charge in [-0.15, -0.1) is 0 Å². The normalized spacial score (nSPS) is 17.2. The van der Waals surface area contributed by atoms with Crippen LogP contribution in [0.5, 0.6) is 11.5 Å². The van der Waals surface area contributed by atoms with Gasteiger partial charge in [0.15, 0.2) is 11.5 Å². The highest BCUT2D eigenvalue weighted by Gasteiger charge is 2.28. The number of carbonyl (C=O) groups is 1. The molecule has 2 aromatic rings. The van der Waals surface area contributed by atoms with Gasteiger partial charge in [-0.05, 0) is 28.8 Å². The fourth-order valence-electron chi connectivity index (χ4n) is 3.02. The van der Waals surface area contributed by atoms with E-state index in [1.54, 1.807) is 14.2 Å². The van der Waals surface area contributed by atoms with Crippen molar-refractivity contribution in [2.45, 2.75) is 18.8 Å². The average Bonchev–Trinajstić information content (AvgIpc) is 2.53. The number of hydrogen-bond donors (Lipinski definition) is 0. The van der Waals surface area contributed by atoms with Crippen molar-refractivity contribution in [2.75, 3.05) is 14.2 Å². The van der Waals surface area contributed by atoms with Crippen molar-refractivity contribution in [3.05, 3.63) is 59.2 Å². The molecule has 0 unspecified atom stereocenters. The number of Topliss-reactive ketones (excluding diaryl/α,β-unsaturated/α-hetero) is 1. The second kappa shape index (κ2) is 5.60. The number of ketones is 1. The Labute approximate surface area is 124 Å². The van der Waals surface area contributed by atoms with Crippen molar-refractivity contribution in [3.63, 3.8) is 0 Å². The highest BCUT2D eigenvalue weighted by atomic mass is 16.5. The van der Waals surface area contributed by atoms with E-state index in [4.69, 9.17) is 9.47 Å². The molecule has 0 aliphatic heterocycles. The summed E-state index contributed by atoms with van der Waals surface area (Å²) in [5.41, 5.74) is 3.37. The lowest BCUT2D eigenvalue weighted by atomic mass is 9.78. The van der Waals surface area contributed by atoms with Crippen LogP contribution in [-0.2, 0) is 11.2 Å². The van der Waals surface area contributed by atoms with E-state index >= 15 is 0 Å². The van der Waals surface area contributed by atoms with Crippen molar-refractivity contribution in [2.24, 2.45) is 0 Å². The van der Waals surface area contributed by atoms with Crippen molar-refractivity contribution < 1.29 is 14.3 Å². The Hall–Kier alpha value is -2.29. The Morgan fingerprint density at radius 3 is 2.33 bits per heavy atom. The molecule has 1 atom stereocenters. The number of benzene rings is 2. The topological polar surface area (TPSA) is 35.5 Å². The lowest BCUT2D eigenvalue weighted by molar-refractivity contribution is -0.119. The number of rotatable bonds is 3. The maximum atomic E-state index is 12.1. The number of methoxy groups -OCH3 is 2. The van der Waals surface area contributed by atoms with E-state index in [9.17, 15) is 4.79 Å². The van der Waals surface area contributed by atoms with Crippen LogP contribution in [0.15, 0.2) is 42.5 Å². The molecule has 21 heavy (non-hydrogen) atoms. The van der Waals surface area contributed by atoms with E-state index in [0.717, 1.165) is 5.56 Å². The van der Waals surface area contributed by atoms with Crippen molar-refractivity contribution in [1.29, 1.82) is 0 Å². The van der Waals surface area contributed by atoms with Gasteiger partial charge in [0.05, 0.1) is 14.2 Å². The summed E-state index contributed by atoms with van der Waals surface area (Å²) < 4.78 is 10.7. The first-order valence-electron chi connectivity index (χ1n) is 7.04. The molecule has 0 bridgehead atoms. The zero-order chi connectivity index (χ0) is 14.8. The molecule has 3 rings (SSSR count). The summed E-state index contributed by atoms with van der Waals surface area (Å²) in [4.78, 5) is 12.1. The molecule has 108 valence electrons. The Morgan fingerprint density at radius 2 is 1.67 bits per heavy atom. The molecule has 0 saturated heterocycles. The fraction of sp³-hybridized carbons (Fsp3) is 0.278. The molecule has 0 fully saturated rings. The Morgan fingerprint density at radius 1 is 1.00 bits per heavy atom. The highest BCUT2D eigenvalue weighted by Crippen LogP contribution is 2.40. The van der Waals surface area contributed by atoms with Gasteiger partial charge in [0.2, 0.25) is 0 Å². The van der Waals surface area contributed by atoms with Crippen LogP contribution >= 0.6 is 0 Å². The molecule has 0 heterocycles. The lowest BCUT2D eigenvalue weighted by Crippen LogP contribution is -2.19. The molecule has 1 aliphatic rings. The molecule has 0 amide bonds. The summed E-state index contributed by atoms with van der Waals surface area (Å²) in [5.74, 6) is 1.76. The van der Waals surface area contributed by atoms with Crippen LogP contribution in [0.25, 0.3) is 0 Å². The van der Waals surface area contributed by atoms with E-state index in [0.29, 0.717) is 24.3 Å². The molecule has 0 aromatic heterocycles. The highest BCUT2D eigenvalue weighted by molar-refractivity contribution is 5.85. The Balaban J connectivity index is 2.13. The first-order valence-corrected chi connectivity index (χ1v) is 7.04. The number of hydrogen-bond acceptors (Lipinski definition) is 3. The van der Waals surface area contributed by atoms with Gasteiger partial charge in [-0.3, -0.25) is 4.79 Å². The maximum Gasteiger partial charge on any atom is 0.161 e. The molecule has 1 aliphatic carbocycles. The minimum atomic E-state index is 0.0993. The molecular weight excluding hydrogens is 264 g/mol. The zero-order valence-electron chi connectivity index (χ0n) is 12.3. The number of ether oxygens (including phenoxy) is 2. The van der Waals surface area contributed by atoms with Crippen molar-refractivity contribution in [1.82, 2.24) is 0 Å². The minimum absolute atomic E-state index is 0.0993. The molecule has 0 spiro atoms. The van der Waals surface area contributed by atoms with E-state index in [-0.39, 0.29) is 11.7 Å². The largest absolute Gasteiger partial charge is 0.493 e. The molecule has 2 aromatic carbocycles. The van der Waals surface area contributed by atoms with E-state index in [2.05, 4.69) is 12.1 Å². The van der Waals surface area contributed by atoms with Gasteiger partial charge in [-0.1, -0.05) is 30.3 Å². The van der Waals surface area contributed by atoms with Gasteiger partial charge >= 0.3 is 0 Å². The molecular formula is C18H18O3. The predicted molar refractivity (Wildman–Crippen MR) is 81.2 cm³/mol. The van der Waals surface area contributed by atoms with E-state index in [1.165, 1.54) is 11.1 Å². The third-order valence-electron chi connectivity index (χ3n) is 4.04. The molecule has 3 nitrogen and oxygen atoms in total. The first kappa shape index (κ1) is 13.7. The summed E-state index contributed by atoms with van der Waals surface area (Å²) in [6.07, 6.45) is 1.02. The van der Waals surface area contributed by atoms with Gasteiger partial charge in [-0.2, -0.15) is 0 Å². The van der Waals surface area contributed by atoms with Crippen LogP contribution in [-0.4, -0.2) is 20.0 Å². The fourth-order valence-corrected chi connectivity index (χ4v) is 3.02. The molecule has 0 radical (unpaired) electrons. The van der Waals surface area contributed by atoms with Gasteiger partial charge in [-0.25, -0.2) is 0 Å². The quantitative estimate of drug-likeness (QED) is 0.866. The first-order chi connectivity index (χ1) is 10.2. The number of carbonyl (C=O) groups excluding carboxylic acids is 1. The van der Waals surface area contributed by atoms with Gasteiger partial charge in [0.25, 0.3) is 0 Å². The zero-order valence-corrected chi connectivity index (χ0v) is 12.3. The summed E-state index contributed by atoms with van der Waals surface area (Å²) in [5, 5.41) is 0. The Kier molecular flexibility index (Phi) is 3.65. The van der Waals surface area contributed by atoms with Gasteiger partial charge in [0, 0.05) is 18.8 Å². The van der Waals surface area contributed by atoms with Crippen LogP contribution in [0.3, 0.4) is 0 Å². The van der Waals surface area contributed by atoms with Crippen LogP contribution < -0.4 is 9.47 Å². The standard InChI is InChI=1S/C18H18O3/c1-20-17-9-13-8-14(19)10-15(12-6-4-3-5-7-12)16(13)11-18(17)21-2/h3-7,9,11,15H,8,10H2,1-2H3/t15-/m0/s1. The third kappa shape index (κ3) is 2.51. The van der Waals surface area contributed by atoms with Crippen LogP contribution in [0, 0.1) is 0 Å². The molecule has 0 saturated carbocycles. The van der Waals surface area contributed by atoms with Gasteiger partial charge in [0.1, 0.15) is 5.78 Å². The summed E-state index contributed by atoms with van der Waals surface area (Å²) in [7, 11) is 3.25.